The van der Waals surface area contributed by atoms with Crippen molar-refractivity contribution in [2.75, 3.05) is 13.7 Å². The Hall–Kier alpha value is -3.09. The van der Waals surface area contributed by atoms with E-state index in [1.807, 2.05) is 12.1 Å². The summed E-state index contributed by atoms with van der Waals surface area (Å²) in [5.41, 5.74) is -0.0885. The second kappa shape index (κ2) is 7.65. The Balaban J connectivity index is 1.68. The van der Waals surface area contributed by atoms with Crippen molar-refractivity contribution in [2.45, 2.75) is 12.7 Å². The lowest BCUT2D eigenvalue weighted by Crippen LogP contribution is -2.31. The highest BCUT2D eigenvalue weighted by Crippen LogP contribution is 2.32. The minimum absolute atomic E-state index is 0.0349. The molecule has 0 spiro atoms. The highest BCUT2D eigenvalue weighted by atomic mass is 19.4. The Labute approximate surface area is 154 Å². The molecule has 0 saturated heterocycles. The zero-order chi connectivity index (χ0) is 19.4. The predicted octanol–water partition coefficient (Wildman–Crippen LogP) is 4.29. The Kier molecular flexibility index (Phi) is 5.30. The summed E-state index contributed by atoms with van der Waals surface area (Å²) in [4.78, 5) is 17.8. The molecule has 3 rings (SSSR count). The highest BCUT2D eigenvalue weighted by molar-refractivity contribution is 5.85. The van der Waals surface area contributed by atoms with Gasteiger partial charge >= 0.3 is 6.18 Å². The molecule has 140 valence electrons. The van der Waals surface area contributed by atoms with E-state index >= 15 is 0 Å². The molecule has 0 bridgehead atoms. The second-order valence-electron chi connectivity index (χ2n) is 6.02. The van der Waals surface area contributed by atoms with Crippen molar-refractivity contribution < 1.29 is 22.7 Å². The molecule has 1 heterocycles. The van der Waals surface area contributed by atoms with E-state index < -0.39 is 17.6 Å². The molecule has 0 aliphatic carbocycles. The minimum Gasteiger partial charge on any atom is -0.481 e. The number of ether oxygens (including phenoxy) is 1. The third-order valence-corrected chi connectivity index (χ3v) is 4.10. The number of carbonyl (C=O) groups excluding carboxylic acids is 1. The zero-order valence-corrected chi connectivity index (χ0v) is 14.5. The molecule has 1 amide bonds. The first-order valence-electron chi connectivity index (χ1n) is 8.22. The topological polar surface area (TPSA) is 42.4 Å². The number of alkyl halides is 3. The van der Waals surface area contributed by atoms with E-state index in [2.05, 4.69) is 4.98 Å². The smallest absolute Gasteiger partial charge is 0.416 e. The summed E-state index contributed by atoms with van der Waals surface area (Å²) >= 11 is 0. The first-order valence-corrected chi connectivity index (χ1v) is 8.22. The van der Waals surface area contributed by atoms with Crippen LogP contribution >= 0.6 is 0 Å². The van der Waals surface area contributed by atoms with E-state index in [1.54, 1.807) is 24.4 Å². The molecule has 1 aromatic heterocycles. The molecule has 2 aromatic carbocycles. The molecule has 0 unspecified atom stereocenters. The van der Waals surface area contributed by atoms with Crippen LogP contribution in [0.2, 0.25) is 0 Å². The monoisotopic (exact) mass is 374 g/mol. The van der Waals surface area contributed by atoms with Crippen LogP contribution in [0.5, 0.6) is 5.75 Å². The van der Waals surface area contributed by atoms with Crippen LogP contribution in [0.1, 0.15) is 11.1 Å². The highest BCUT2D eigenvalue weighted by Gasteiger charge is 2.33. The third kappa shape index (κ3) is 4.36. The van der Waals surface area contributed by atoms with Crippen LogP contribution in [-0.4, -0.2) is 29.4 Å². The molecule has 0 saturated carbocycles. The van der Waals surface area contributed by atoms with E-state index in [0.717, 1.165) is 11.5 Å². The SMILES string of the molecule is CN(Cc1ccccc1C(F)(F)F)C(=O)COc1cccc2cccnc12. The number of amides is 1. The molecule has 0 radical (unpaired) electrons. The number of aromatic nitrogens is 1. The molecule has 0 aliphatic rings. The van der Waals surface area contributed by atoms with Gasteiger partial charge in [0, 0.05) is 25.2 Å². The number of rotatable bonds is 5. The van der Waals surface area contributed by atoms with Crippen molar-refractivity contribution in [3.05, 3.63) is 71.9 Å². The third-order valence-electron chi connectivity index (χ3n) is 4.10. The van der Waals surface area contributed by atoms with Gasteiger partial charge in [0.05, 0.1) is 5.56 Å². The van der Waals surface area contributed by atoms with Gasteiger partial charge in [0.1, 0.15) is 11.3 Å². The van der Waals surface area contributed by atoms with Gasteiger partial charge in [0.15, 0.2) is 6.61 Å². The average molecular weight is 374 g/mol. The van der Waals surface area contributed by atoms with E-state index in [4.69, 9.17) is 4.74 Å². The molecule has 0 N–H and O–H groups in total. The standard InChI is InChI=1S/C20H17F3N2O2/c1-25(12-15-6-2-3-9-16(15)20(21,22)23)18(26)13-27-17-10-4-7-14-8-5-11-24-19(14)17/h2-11H,12-13H2,1H3. The Morgan fingerprint density at radius 2 is 1.81 bits per heavy atom. The Morgan fingerprint density at radius 3 is 2.59 bits per heavy atom. The number of hydrogen-bond acceptors (Lipinski definition) is 3. The molecule has 3 aromatic rings. The maximum atomic E-state index is 13.1. The lowest BCUT2D eigenvalue weighted by atomic mass is 10.1. The molecule has 27 heavy (non-hydrogen) atoms. The Bertz CT molecular complexity index is 952. The van der Waals surface area contributed by atoms with Crippen LogP contribution in [-0.2, 0) is 17.5 Å². The van der Waals surface area contributed by atoms with Crippen LogP contribution in [0.3, 0.4) is 0 Å². The lowest BCUT2D eigenvalue weighted by Gasteiger charge is -2.20. The van der Waals surface area contributed by atoms with E-state index in [9.17, 15) is 18.0 Å². The molecule has 0 fully saturated rings. The fourth-order valence-electron chi connectivity index (χ4n) is 2.72. The summed E-state index contributed by atoms with van der Waals surface area (Å²) in [5.74, 6) is 0.0189. The average Bonchev–Trinajstić information content (AvgIpc) is 2.65. The fraction of sp³-hybridized carbons (Fsp3) is 0.200. The lowest BCUT2D eigenvalue weighted by molar-refractivity contribution is -0.140. The van der Waals surface area contributed by atoms with E-state index in [-0.39, 0.29) is 18.7 Å². The van der Waals surface area contributed by atoms with Gasteiger partial charge in [0.2, 0.25) is 0 Å². The van der Waals surface area contributed by atoms with Crippen molar-refractivity contribution >= 4 is 16.8 Å². The van der Waals surface area contributed by atoms with Crippen molar-refractivity contribution in [1.82, 2.24) is 9.88 Å². The second-order valence-corrected chi connectivity index (χ2v) is 6.02. The molecule has 4 nitrogen and oxygen atoms in total. The van der Waals surface area contributed by atoms with Crippen molar-refractivity contribution in [2.24, 2.45) is 0 Å². The first-order chi connectivity index (χ1) is 12.9. The number of nitrogens with zero attached hydrogens (tertiary/aromatic N) is 2. The van der Waals surface area contributed by atoms with Crippen LogP contribution < -0.4 is 4.74 Å². The maximum Gasteiger partial charge on any atom is 0.416 e. The summed E-state index contributed by atoms with van der Waals surface area (Å²) in [7, 11) is 1.44. The number of halogens is 3. The van der Waals surface area contributed by atoms with Gasteiger partial charge in [-0.05, 0) is 23.8 Å². The van der Waals surface area contributed by atoms with Crippen LogP contribution in [0.4, 0.5) is 13.2 Å². The van der Waals surface area contributed by atoms with Crippen LogP contribution in [0.15, 0.2) is 60.8 Å². The fourth-order valence-corrected chi connectivity index (χ4v) is 2.72. The summed E-state index contributed by atoms with van der Waals surface area (Å²) in [6, 6.07) is 14.2. The summed E-state index contributed by atoms with van der Waals surface area (Å²) < 4.78 is 44.8. The van der Waals surface area contributed by atoms with Crippen molar-refractivity contribution in [3.8, 4) is 5.75 Å². The molecule has 0 aliphatic heterocycles. The summed E-state index contributed by atoms with van der Waals surface area (Å²) in [5, 5.41) is 0.870. The molecule has 7 heteroatoms. The van der Waals surface area contributed by atoms with Gasteiger partial charge in [-0.1, -0.05) is 36.4 Å². The van der Waals surface area contributed by atoms with Crippen LogP contribution in [0.25, 0.3) is 10.9 Å². The first kappa shape index (κ1) is 18.7. The van der Waals surface area contributed by atoms with Gasteiger partial charge in [-0.2, -0.15) is 13.2 Å². The molecular formula is C20H17F3N2O2. The molecule has 0 atom stereocenters. The number of hydrogen-bond donors (Lipinski definition) is 0. The zero-order valence-electron chi connectivity index (χ0n) is 14.5. The Morgan fingerprint density at radius 1 is 1.07 bits per heavy atom. The predicted molar refractivity (Wildman–Crippen MR) is 95.2 cm³/mol. The van der Waals surface area contributed by atoms with Crippen molar-refractivity contribution in [3.63, 3.8) is 0 Å². The number of pyridine rings is 1. The van der Waals surface area contributed by atoms with Gasteiger partial charge in [-0.15, -0.1) is 0 Å². The molecular weight excluding hydrogens is 357 g/mol. The largest absolute Gasteiger partial charge is 0.481 e. The number of carbonyl (C=O) groups is 1. The number of para-hydroxylation sites is 1. The summed E-state index contributed by atoms with van der Waals surface area (Å²) in [6.45, 7) is -0.452. The summed E-state index contributed by atoms with van der Waals surface area (Å²) in [6.07, 6.45) is -2.84. The van der Waals surface area contributed by atoms with E-state index in [0.29, 0.717) is 11.3 Å². The van der Waals surface area contributed by atoms with Gasteiger partial charge < -0.3 is 9.64 Å². The van der Waals surface area contributed by atoms with Gasteiger partial charge in [0.25, 0.3) is 5.91 Å². The van der Waals surface area contributed by atoms with E-state index in [1.165, 1.54) is 30.1 Å². The normalized spacial score (nSPS) is 11.4. The van der Waals surface area contributed by atoms with Gasteiger partial charge in [-0.25, -0.2) is 0 Å². The number of likely N-dealkylation sites (N-methyl/N-ethyl adjacent to an activating group) is 1. The van der Waals surface area contributed by atoms with Crippen LogP contribution in [0, 0.1) is 0 Å². The van der Waals surface area contributed by atoms with Crippen molar-refractivity contribution in [1.29, 1.82) is 0 Å². The number of fused-ring (bicyclic) bond motifs is 1. The minimum atomic E-state index is -4.47. The van der Waals surface area contributed by atoms with Gasteiger partial charge in [-0.3, -0.25) is 9.78 Å². The quantitative estimate of drug-likeness (QED) is 0.669. The maximum absolute atomic E-state index is 13.1. The number of benzene rings is 2.